The van der Waals surface area contributed by atoms with Crippen LogP contribution in [0.25, 0.3) is 0 Å². The van der Waals surface area contributed by atoms with Crippen LogP contribution >= 0.6 is 15.9 Å². The van der Waals surface area contributed by atoms with Gasteiger partial charge in [0, 0.05) is 11.5 Å². The topological polar surface area (TPSA) is 63.7 Å². The number of benzene rings is 2. The normalized spacial score (nSPS) is 11.1. The predicted molar refractivity (Wildman–Crippen MR) is 92.1 cm³/mol. The Morgan fingerprint density at radius 2 is 1.83 bits per heavy atom. The van der Waals surface area contributed by atoms with Crippen molar-refractivity contribution < 1.29 is 17.9 Å². The number of carbonyl (C=O) groups excluding carboxylic acids is 1. The van der Waals surface area contributed by atoms with Crippen LogP contribution in [0.5, 0.6) is 0 Å². The standard InChI is InChI=1S/C16H16BrNO4S/c1-3-22-16(19)12-9-10-15(14(17)11-12)23(20,21)18(2)13-7-5-4-6-8-13/h4-11H,3H2,1-2H3. The van der Waals surface area contributed by atoms with E-state index in [1.54, 1.807) is 31.2 Å². The molecule has 0 radical (unpaired) electrons. The quantitative estimate of drug-likeness (QED) is 0.724. The van der Waals surface area contributed by atoms with Crippen LogP contribution in [0.2, 0.25) is 0 Å². The molecule has 0 atom stereocenters. The molecule has 0 saturated carbocycles. The zero-order chi connectivity index (χ0) is 17.0. The number of anilines is 1. The molecule has 0 fully saturated rings. The number of hydrogen-bond acceptors (Lipinski definition) is 4. The monoisotopic (exact) mass is 397 g/mol. The van der Waals surface area contributed by atoms with Crippen LogP contribution in [0.15, 0.2) is 57.9 Å². The van der Waals surface area contributed by atoms with E-state index in [9.17, 15) is 13.2 Å². The van der Waals surface area contributed by atoms with Gasteiger partial charge in [0.1, 0.15) is 4.90 Å². The van der Waals surface area contributed by atoms with Gasteiger partial charge in [0.15, 0.2) is 0 Å². The van der Waals surface area contributed by atoms with Gasteiger partial charge in [0.25, 0.3) is 10.0 Å². The van der Waals surface area contributed by atoms with E-state index in [4.69, 9.17) is 4.74 Å². The highest BCUT2D eigenvalue weighted by atomic mass is 79.9. The molecule has 23 heavy (non-hydrogen) atoms. The first-order valence-electron chi connectivity index (χ1n) is 6.88. The van der Waals surface area contributed by atoms with Crippen molar-refractivity contribution in [2.45, 2.75) is 11.8 Å². The number of esters is 1. The number of rotatable bonds is 5. The zero-order valence-electron chi connectivity index (χ0n) is 12.7. The van der Waals surface area contributed by atoms with Gasteiger partial charge in [-0.2, -0.15) is 0 Å². The lowest BCUT2D eigenvalue weighted by molar-refractivity contribution is 0.0526. The van der Waals surface area contributed by atoms with Gasteiger partial charge in [0.2, 0.25) is 0 Å². The molecule has 0 heterocycles. The van der Waals surface area contributed by atoms with Crippen molar-refractivity contribution in [1.29, 1.82) is 0 Å². The van der Waals surface area contributed by atoms with Crippen LogP contribution in [0.1, 0.15) is 17.3 Å². The Hall–Kier alpha value is -1.86. The Bertz CT molecular complexity index is 806. The summed E-state index contributed by atoms with van der Waals surface area (Å²) in [6.45, 7) is 1.97. The van der Waals surface area contributed by atoms with Gasteiger partial charge in [-0.3, -0.25) is 4.31 Å². The Morgan fingerprint density at radius 3 is 2.39 bits per heavy atom. The first-order valence-corrected chi connectivity index (χ1v) is 9.12. The largest absolute Gasteiger partial charge is 0.462 e. The van der Waals surface area contributed by atoms with Crippen LogP contribution < -0.4 is 4.31 Å². The lowest BCUT2D eigenvalue weighted by Crippen LogP contribution is -2.26. The van der Waals surface area contributed by atoms with E-state index in [1.807, 2.05) is 6.07 Å². The van der Waals surface area contributed by atoms with Gasteiger partial charge in [-0.05, 0) is 53.2 Å². The molecule has 0 N–H and O–H groups in total. The Labute approximate surface area is 144 Å². The third kappa shape index (κ3) is 3.73. The Balaban J connectivity index is 2.39. The van der Waals surface area contributed by atoms with Gasteiger partial charge in [-0.25, -0.2) is 13.2 Å². The fraction of sp³-hybridized carbons (Fsp3) is 0.188. The molecule has 0 spiro atoms. The van der Waals surface area contributed by atoms with Crippen molar-refractivity contribution in [2.75, 3.05) is 18.0 Å². The number of carbonyl (C=O) groups is 1. The fourth-order valence-corrected chi connectivity index (χ4v) is 4.21. The van der Waals surface area contributed by atoms with Crippen molar-refractivity contribution in [1.82, 2.24) is 0 Å². The minimum atomic E-state index is -3.74. The molecule has 0 unspecified atom stereocenters. The second-order valence-electron chi connectivity index (χ2n) is 4.67. The maximum absolute atomic E-state index is 12.7. The maximum Gasteiger partial charge on any atom is 0.338 e. The van der Waals surface area contributed by atoms with Crippen LogP contribution in [-0.2, 0) is 14.8 Å². The van der Waals surface area contributed by atoms with Crippen LogP contribution in [-0.4, -0.2) is 28.0 Å². The van der Waals surface area contributed by atoms with E-state index in [0.29, 0.717) is 15.7 Å². The molecule has 0 amide bonds. The van der Waals surface area contributed by atoms with Crippen LogP contribution in [0.3, 0.4) is 0 Å². The second kappa shape index (κ2) is 7.14. The highest BCUT2D eigenvalue weighted by Gasteiger charge is 2.24. The molecule has 5 nitrogen and oxygen atoms in total. The highest BCUT2D eigenvalue weighted by molar-refractivity contribution is 9.10. The maximum atomic E-state index is 12.7. The Morgan fingerprint density at radius 1 is 1.17 bits per heavy atom. The third-order valence-electron chi connectivity index (χ3n) is 3.20. The third-order valence-corrected chi connectivity index (χ3v) is 5.96. The van der Waals surface area contributed by atoms with E-state index in [2.05, 4.69) is 15.9 Å². The zero-order valence-corrected chi connectivity index (χ0v) is 15.1. The summed E-state index contributed by atoms with van der Waals surface area (Å²) in [5.41, 5.74) is 0.842. The number of sulfonamides is 1. The second-order valence-corrected chi connectivity index (χ2v) is 7.47. The molecular formula is C16H16BrNO4S. The number of para-hydroxylation sites is 1. The van der Waals surface area contributed by atoms with Crippen molar-refractivity contribution in [3.63, 3.8) is 0 Å². The molecule has 0 bridgehead atoms. The molecule has 0 aliphatic heterocycles. The van der Waals surface area contributed by atoms with E-state index >= 15 is 0 Å². The average molecular weight is 398 g/mol. The summed E-state index contributed by atoms with van der Waals surface area (Å²) >= 11 is 3.23. The van der Waals surface area contributed by atoms with Gasteiger partial charge in [0.05, 0.1) is 17.9 Å². The van der Waals surface area contributed by atoms with Crippen molar-refractivity contribution >= 4 is 37.6 Å². The summed E-state index contributed by atoms with van der Waals surface area (Å²) in [5, 5.41) is 0. The van der Waals surface area contributed by atoms with Gasteiger partial charge in [-0.1, -0.05) is 18.2 Å². The van der Waals surface area contributed by atoms with Gasteiger partial charge >= 0.3 is 5.97 Å². The van der Waals surface area contributed by atoms with Gasteiger partial charge in [-0.15, -0.1) is 0 Å². The lowest BCUT2D eigenvalue weighted by atomic mass is 10.2. The van der Waals surface area contributed by atoms with Crippen LogP contribution in [0, 0.1) is 0 Å². The van der Waals surface area contributed by atoms with E-state index < -0.39 is 16.0 Å². The fourth-order valence-electron chi connectivity index (χ4n) is 1.98. The number of hydrogen-bond donors (Lipinski definition) is 0. The van der Waals surface area contributed by atoms with E-state index in [-0.39, 0.29) is 11.5 Å². The smallest absolute Gasteiger partial charge is 0.338 e. The minimum Gasteiger partial charge on any atom is -0.462 e. The number of nitrogens with zero attached hydrogens (tertiary/aromatic N) is 1. The van der Waals surface area contributed by atoms with E-state index in [0.717, 1.165) is 0 Å². The predicted octanol–water partition coefficient (Wildman–Crippen LogP) is 3.45. The minimum absolute atomic E-state index is 0.0805. The first kappa shape index (κ1) is 17.5. The molecule has 0 aliphatic carbocycles. The summed E-state index contributed by atoms with van der Waals surface area (Å²) in [6.07, 6.45) is 0. The van der Waals surface area contributed by atoms with Crippen molar-refractivity contribution in [3.05, 3.63) is 58.6 Å². The summed E-state index contributed by atoms with van der Waals surface area (Å²) in [5.74, 6) is -0.492. The van der Waals surface area contributed by atoms with Crippen molar-refractivity contribution in [3.8, 4) is 0 Å². The van der Waals surface area contributed by atoms with Crippen LogP contribution in [0.4, 0.5) is 5.69 Å². The van der Waals surface area contributed by atoms with E-state index in [1.165, 1.54) is 29.6 Å². The Kier molecular flexibility index (Phi) is 5.43. The van der Waals surface area contributed by atoms with Crippen molar-refractivity contribution in [2.24, 2.45) is 0 Å². The molecule has 122 valence electrons. The molecule has 2 aromatic carbocycles. The number of halogens is 1. The molecule has 0 aromatic heterocycles. The summed E-state index contributed by atoms with van der Waals surface area (Å²) in [4.78, 5) is 11.8. The highest BCUT2D eigenvalue weighted by Crippen LogP contribution is 2.28. The molecule has 7 heteroatoms. The molecule has 2 aromatic rings. The molecule has 0 aliphatic rings. The SMILES string of the molecule is CCOC(=O)c1ccc(S(=O)(=O)N(C)c2ccccc2)c(Br)c1. The van der Waals surface area contributed by atoms with Gasteiger partial charge < -0.3 is 4.74 Å². The summed E-state index contributed by atoms with van der Waals surface area (Å²) in [7, 11) is -2.26. The molecule has 0 saturated heterocycles. The average Bonchev–Trinajstić information content (AvgIpc) is 2.54. The summed E-state index contributed by atoms with van der Waals surface area (Å²) in [6, 6.07) is 13.0. The lowest BCUT2D eigenvalue weighted by Gasteiger charge is -2.20. The number of ether oxygens (including phenoxy) is 1. The first-order chi connectivity index (χ1) is 10.9. The molecular weight excluding hydrogens is 382 g/mol. The summed E-state index contributed by atoms with van der Waals surface area (Å²) < 4.78 is 31.9. The molecule has 2 rings (SSSR count).